The number of nitrogens with zero attached hydrogens (tertiary/aromatic N) is 4. The standard InChI is InChI=1S/C32H28N4O10S/c1-5-44-26-16-20(9-13-25(26)43-4)29-28(31(38)45-6-2)18(3)33-32-34(29)30(37)27(47-32)15-19-7-11-22(12-8-19)46-24-14-10-21(35(39)40)17-23(24)36(41)42/h7-17,29H,5-6H2,1-4H3/b27-15-/t29-/m1/s1. The molecule has 4 aromatic rings. The van der Waals surface area contributed by atoms with E-state index in [0.717, 1.165) is 29.5 Å². The van der Waals surface area contributed by atoms with Gasteiger partial charge in [-0.2, -0.15) is 0 Å². The Hall–Kier alpha value is -5.83. The summed E-state index contributed by atoms with van der Waals surface area (Å²) in [5.74, 6) is 0.428. The van der Waals surface area contributed by atoms with Gasteiger partial charge in [-0.3, -0.25) is 29.6 Å². The smallest absolute Gasteiger partial charge is 0.338 e. The van der Waals surface area contributed by atoms with Crippen molar-refractivity contribution in [2.75, 3.05) is 20.3 Å². The second kappa shape index (κ2) is 13.7. The van der Waals surface area contributed by atoms with Crippen LogP contribution in [0.3, 0.4) is 0 Å². The Bertz CT molecular complexity index is 2100. The molecule has 0 fully saturated rings. The number of thiazole rings is 1. The second-order valence-corrected chi connectivity index (χ2v) is 11.0. The first-order chi connectivity index (χ1) is 22.6. The molecule has 47 heavy (non-hydrogen) atoms. The van der Waals surface area contributed by atoms with Crippen LogP contribution in [0.15, 0.2) is 81.7 Å². The number of non-ortho nitro benzene ring substituents is 1. The molecule has 0 saturated carbocycles. The van der Waals surface area contributed by atoms with Crippen molar-refractivity contribution >= 4 is 34.8 Å². The molecule has 0 bridgehead atoms. The van der Waals surface area contributed by atoms with Crippen molar-refractivity contribution in [1.82, 2.24) is 4.57 Å². The lowest BCUT2D eigenvalue weighted by Gasteiger charge is -2.25. The Kier molecular flexibility index (Phi) is 9.46. The first-order valence-electron chi connectivity index (χ1n) is 14.3. The van der Waals surface area contributed by atoms with Gasteiger partial charge in [0.2, 0.25) is 5.75 Å². The first kappa shape index (κ1) is 32.6. The first-order valence-corrected chi connectivity index (χ1v) is 15.1. The maximum absolute atomic E-state index is 14.0. The lowest BCUT2D eigenvalue weighted by Crippen LogP contribution is -2.40. The van der Waals surface area contributed by atoms with Crippen molar-refractivity contribution in [3.8, 4) is 23.0 Å². The molecule has 0 radical (unpaired) electrons. The van der Waals surface area contributed by atoms with Crippen molar-refractivity contribution in [2.24, 2.45) is 4.99 Å². The molecule has 14 nitrogen and oxygen atoms in total. The van der Waals surface area contributed by atoms with Crippen LogP contribution in [0.2, 0.25) is 0 Å². The highest BCUT2D eigenvalue weighted by atomic mass is 32.1. The van der Waals surface area contributed by atoms with Crippen LogP contribution in [-0.4, -0.2) is 40.7 Å². The number of rotatable bonds is 11. The molecule has 0 saturated heterocycles. The van der Waals surface area contributed by atoms with Crippen LogP contribution in [0.4, 0.5) is 11.4 Å². The van der Waals surface area contributed by atoms with Crippen LogP contribution in [0.1, 0.15) is 37.9 Å². The number of esters is 1. The Labute approximate surface area is 270 Å². The molecular formula is C32H28N4O10S. The van der Waals surface area contributed by atoms with Gasteiger partial charge < -0.3 is 18.9 Å². The van der Waals surface area contributed by atoms with E-state index in [0.29, 0.717) is 44.3 Å². The SMILES string of the molecule is CCOC(=O)C1=C(C)N=c2s/c(=C\c3ccc(Oc4ccc([N+](=O)[O-])cc4[N+](=O)[O-])cc3)c(=O)n2[C@@H]1c1ccc(OC)c(OCC)c1. The van der Waals surface area contributed by atoms with E-state index in [1.165, 1.54) is 11.7 Å². The predicted molar refractivity (Wildman–Crippen MR) is 171 cm³/mol. The third-order valence-corrected chi connectivity index (χ3v) is 8.06. The third-order valence-electron chi connectivity index (χ3n) is 7.08. The van der Waals surface area contributed by atoms with E-state index in [1.54, 1.807) is 62.4 Å². The Morgan fingerprint density at radius 3 is 2.34 bits per heavy atom. The molecule has 0 unspecified atom stereocenters. The maximum Gasteiger partial charge on any atom is 0.338 e. The molecule has 15 heteroatoms. The van der Waals surface area contributed by atoms with Gasteiger partial charge in [0.1, 0.15) is 5.75 Å². The van der Waals surface area contributed by atoms with E-state index < -0.39 is 33.2 Å². The lowest BCUT2D eigenvalue weighted by atomic mass is 9.95. The molecule has 1 atom stereocenters. The van der Waals surface area contributed by atoms with Crippen molar-refractivity contribution in [2.45, 2.75) is 26.8 Å². The van der Waals surface area contributed by atoms with Crippen LogP contribution in [0.25, 0.3) is 6.08 Å². The summed E-state index contributed by atoms with van der Waals surface area (Å²) in [6, 6.07) is 13.8. The highest BCUT2D eigenvalue weighted by Crippen LogP contribution is 2.37. The van der Waals surface area contributed by atoms with Crippen LogP contribution in [0.5, 0.6) is 23.0 Å². The average Bonchev–Trinajstić information content (AvgIpc) is 3.35. The molecule has 1 aromatic heterocycles. The highest BCUT2D eigenvalue weighted by Gasteiger charge is 2.34. The number of hydrogen-bond donors (Lipinski definition) is 0. The number of carbonyl (C=O) groups excluding carboxylic acids is 1. The molecule has 1 aliphatic rings. The summed E-state index contributed by atoms with van der Waals surface area (Å²) in [6.45, 7) is 5.73. The predicted octanol–water partition coefficient (Wildman–Crippen LogP) is 4.81. The van der Waals surface area contributed by atoms with E-state index in [9.17, 15) is 29.8 Å². The summed E-state index contributed by atoms with van der Waals surface area (Å²) in [5.41, 5.74) is 0.472. The van der Waals surface area contributed by atoms with E-state index >= 15 is 0 Å². The van der Waals surface area contributed by atoms with Crippen LogP contribution < -0.4 is 29.1 Å². The van der Waals surface area contributed by atoms with Gasteiger partial charge in [0.25, 0.3) is 11.2 Å². The van der Waals surface area contributed by atoms with Gasteiger partial charge in [-0.05, 0) is 68.3 Å². The van der Waals surface area contributed by atoms with Gasteiger partial charge in [0, 0.05) is 6.07 Å². The topological polar surface area (TPSA) is 175 Å². The minimum atomic E-state index is -0.856. The van der Waals surface area contributed by atoms with Gasteiger partial charge in [-0.1, -0.05) is 29.5 Å². The summed E-state index contributed by atoms with van der Waals surface area (Å²) in [6.07, 6.45) is 1.65. The monoisotopic (exact) mass is 660 g/mol. The number of carbonyl (C=O) groups is 1. The number of methoxy groups -OCH3 is 1. The van der Waals surface area contributed by atoms with Gasteiger partial charge in [0.15, 0.2) is 16.3 Å². The largest absolute Gasteiger partial charge is 0.493 e. The van der Waals surface area contributed by atoms with Crippen molar-refractivity contribution in [1.29, 1.82) is 0 Å². The fourth-order valence-electron chi connectivity index (χ4n) is 5.00. The molecule has 0 aliphatic carbocycles. The quantitative estimate of drug-likeness (QED) is 0.123. The van der Waals surface area contributed by atoms with Crippen LogP contribution in [-0.2, 0) is 9.53 Å². The number of benzene rings is 3. The molecule has 0 amide bonds. The van der Waals surface area contributed by atoms with Crippen molar-refractivity contribution < 1.29 is 33.6 Å². The fraction of sp³-hybridized carbons (Fsp3) is 0.219. The van der Waals surface area contributed by atoms with Gasteiger partial charge in [-0.15, -0.1) is 0 Å². The Balaban J connectivity index is 1.54. The summed E-state index contributed by atoms with van der Waals surface area (Å²) in [4.78, 5) is 53.2. The molecular weight excluding hydrogens is 632 g/mol. The summed E-state index contributed by atoms with van der Waals surface area (Å²) in [5, 5.41) is 22.5. The molecule has 5 rings (SSSR count). The molecule has 3 aromatic carbocycles. The molecule has 242 valence electrons. The highest BCUT2D eigenvalue weighted by molar-refractivity contribution is 7.07. The average molecular weight is 661 g/mol. The number of fused-ring (bicyclic) bond motifs is 1. The van der Waals surface area contributed by atoms with Crippen LogP contribution in [0, 0.1) is 20.2 Å². The normalized spacial score (nSPS) is 14.2. The molecule has 0 N–H and O–H groups in total. The third kappa shape index (κ3) is 6.60. The minimum absolute atomic E-state index is 0.136. The number of hydrogen-bond acceptors (Lipinski definition) is 12. The van der Waals surface area contributed by atoms with Gasteiger partial charge in [-0.25, -0.2) is 9.79 Å². The minimum Gasteiger partial charge on any atom is -0.493 e. The zero-order chi connectivity index (χ0) is 33.8. The van der Waals surface area contributed by atoms with Crippen LogP contribution >= 0.6 is 11.3 Å². The Morgan fingerprint density at radius 1 is 0.979 bits per heavy atom. The maximum atomic E-state index is 14.0. The molecule has 2 heterocycles. The van der Waals surface area contributed by atoms with E-state index in [1.807, 2.05) is 6.92 Å². The summed E-state index contributed by atoms with van der Waals surface area (Å²) < 4.78 is 24.0. The fourth-order valence-corrected chi connectivity index (χ4v) is 6.04. The van der Waals surface area contributed by atoms with Gasteiger partial charge in [0.05, 0.1) is 58.1 Å². The summed E-state index contributed by atoms with van der Waals surface area (Å²) in [7, 11) is 1.52. The van der Waals surface area contributed by atoms with Crippen molar-refractivity contribution in [3.63, 3.8) is 0 Å². The second-order valence-electron chi connectivity index (χ2n) is 9.98. The van der Waals surface area contributed by atoms with E-state index in [2.05, 4.69) is 4.99 Å². The molecule has 0 spiro atoms. The lowest BCUT2D eigenvalue weighted by molar-refractivity contribution is -0.394. The Morgan fingerprint density at radius 2 is 1.70 bits per heavy atom. The zero-order valence-electron chi connectivity index (χ0n) is 25.6. The van der Waals surface area contributed by atoms with Crippen molar-refractivity contribution in [3.05, 3.63) is 123 Å². The molecule has 1 aliphatic heterocycles. The van der Waals surface area contributed by atoms with Gasteiger partial charge >= 0.3 is 11.7 Å². The zero-order valence-corrected chi connectivity index (χ0v) is 26.4. The van der Waals surface area contributed by atoms with E-state index in [4.69, 9.17) is 18.9 Å². The number of allylic oxidation sites excluding steroid dienone is 1. The number of nitro benzene ring substituents is 2. The van der Waals surface area contributed by atoms with E-state index in [-0.39, 0.29) is 29.2 Å². The number of nitro groups is 2. The number of aromatic nitrogens is 1. The summed E-state index contributed by atoms with van der Waals surface area (Å²) >= 11 is 1.15. The number of ether oxygens (including phenoxy) is 4.